The maximum Gasteiger partial charge on any atom is 0.0366 e. The Bertz CT molecular complexity index is 206. The molecule has 0 aliphatic carbocycles. The van der Waals surface area contributed by atoms with E-state index in [1.807, 2.05) is 12.2 Å². The summed E-state index contributed by atoms with van der Waals surface area (Å²) in [7, 11) is 0. The summed E-state index contributed by atoms with van der Waals surface area (Å²) in [5, 5.41) is 4.21. The summed E-state index contributed by atoms with van der Waals surface area (Å²) in [6.45, 7) is 9.12. The molecule has 0 unspecified atom stereocenters. The molecule has 1 rings (SSSR count). The lowest BCUT2D eigenvalue weighted by atomic mass is 10.3. The first-order valence-electron chi connectivity index (χ1n) is 4.47. The molecule has 0 aromatic heterocycles. The minimum absolute atomic E-state index is 0.834. The summed E-state index contributed by atoms with van der Waals surface area (Å²) in [6.07, 6.45) is 13.2. The average Bonchev–Trinajstić information content (AvgIpc) is 2.19. The zero-order valence-corrected chi connectivity index (χ0v) is 7.89. The Labute approximate surface area is 80.1 Å². The predicted molar refractivity (Wildman–Crippen MR) is 56.7 cm³/mol. The molecule has 0 radical (unpaired) electrons. The quantitative estimate of drug-likeness (QED) is 0.593. The summed E-state index contributed by atoms with van der Waals surface area (Å²) in [5.41, 5.74) is 0. The number of rotatable bonds is 5. The molecular formula is C11H16N2. The largest absolute Gasteiger partial charge is 0.289 e. The summed E-state index contributed by atoms with van der Waals surface area (Å²) in [6, 6.07) is 0. The number of hydrogen-bond acceptors (Lipinski definition) is 2. The first-order valence-corrected chi connectivity index (χ1v) is 4.47. The van der Waals surface area contributed by atoms with Crippen LogP contribution in [-0.4, -0.2) is 23.1 Å². The van der Waals surface area contributed by atoms with Crippen molar-refractivity contribution in [2.45, 2.75) is 6.42 Å². The lowest BCUT2D eigenvalue weighted by Crippen LogP contribution is -2.36. The molecule has 0 aromatic carbocycles. The lowest BCUT2D eigenvalue weighted by molar-refractivity contribution is 0.0977. The molecular weight excluding hydrogens is 160 g/mol. The fourth-order valence-electron chi connectivity index (χ4n) is 1.22. The Hall–Kier alpha value is -1.28. The lowest BCUT2D eigenvalue weighted by Gasteiger charge is -2.30. The van der Waals surface area contributed by atoms with Gasteiger partial charge in [0.25, 0.3) is 0 Å². The van der Waals surface area contributed by atoms with Crippen LogP contribution in [0.15, 0.2) is 49.9 Å². The first kappa shape index (κ1) is 9.81. The molecule has 1 aliphatic heterocycles. The van der Waals surface area contributed by atoms with Crippen LogP contribution in [0.25, 0.3) is 0 Å². The molecule has 0 atom stereocenters. The molecule has 2 heteroatoms. The minimum atomic E-state index is 0.834. The summed E-state index contributed by atoms with van der Waals surface area (Å²) >= 11 is 0. The van der Waals surface area contributed by atoms with Gasteiger partial charge in [0, 0.05) is 25.5 Å². The fourth-order valence-corrected chi connectivity index (χ4v) is 1.22. The van der Waals surface area contributed by atoms with Crippen LogP contribution in [0.1, 0.15) is 6.42 Å². The van der Waals surface area contributed by atoms with Crippen molar-refractivity contribution in [1.82, 2.24) is 10.0 Å². The standard InChI is InChI=1S/C11H16N2/c1-3-8-12(9-4-2)13-10-6-5-7-11-13/h3-4,6-7,10-11H,1-2,5,8-9H2. The van der Waals surface area contributed by atoms with Gasteiger partial charge < -0.3 is 0 Å². The second kappa shape index (κ2) is 5.38. The molecule has 0 bridgehead atoms. The van der Waals surface area contributed by atoms with Gasteiger partial charge in [0.1, 0.15) is 0 Å². The first-order chi connectivity index (χ1) is 6.38. The Kier molecular flexibility index (Phi) is 4.06. The van der Waals surface area contributed by atoms with Crippen LogP contribution in [0.3, 0.4) is 0 Å². The fraction of sp³-hybridized carbons (Fsp3) is 0.273. The molecule has 0 amide bonds. The van der Waals surface area contributed by atoms with Crippen molar-refractivity contribution in [2.75, 3.05) is 13.1 Å². The van der Waals surface area contributed by atoms with E-state index < -0.39 is 0 Å². The van der Waals surface area contributed by atoms with Crippen LogP contribution >= 0.6 is 0 Å². The van der Waals surface area contributed by atoms with Crippen LogP contribution in [0.2, 0.25) is 0 Å². The molecule has 0 N–H and O–H groups in total. The zero-order valence-electron chi connectivity index (χ0n) is 7.89. The monoisotopic (exact) mass is 176 g/mol. The van der Waals surface area contributed by atoms with Gasteiger partial charge in [-0.25, -0.2) is 5.01 Å². The third kappa shape index (κ3) is 2.92. The molecule has 2 nitrogen and oxygen atoms in total. The van der Waals surface area contributed by atoms with Gasteiger partial charge in [0.05, 0.1) is 0 Å². The molecule has 0 aromatic rings. The molecule has 1 aliphatic rings. The van der Waals surface area contributed by atoms with Crippen LogP contribution < -0.4 is 0 Å². The van der Waals surface area contributed by atoms with E-state index in [2.05, 4.69) is 47.7 Å². The highest BCUT2D eigenvalue weighted by Crippen LogP contribution is 2.06. The van der Waals surface area contributed by atoms with E-state index in [-0.39, 0.29) is 0 Å². The highest BCUT2D eigenvalue weighted by atomic mass is 15.6. The van der Waals surface area contributed by atoms with Crippen molar-refractivity contribution in [3.63, 3.8) is 0 Å². The average molecular weight is 176 g/mol. The highest BCUT2D eigenvalue weighted by molar-refractivity contribution is 5.01. The van der Waals surface area contributed by atoms with Gasteiger partial charge in [-0.05, 0) is 6.42 Å². The van der Waals surface area contributed by atoms with Crippen molar-refractivity contribution in [3.8, 4) is 0 Å². The van der Waals surface area contributed by atoms with E-state index in [1.54, 1.807) is 0 Å². The van der Waals surface area contributed by atoms with Gasteiger partial charge in [0.2, 0.25) is 0 Å². The van der Waals surface area contributed by atoms with Gasteiger partial charge in [-0.15, -0.1) is 13.2 Å². The summed E-state index contributed by atoms with van der Waals surface area (Å²) in [4.78, 5) is 0. The molecule has 0 fully saturated rings. The summed E-state index contributed by atoms with van der Waals surface area (Å²) < 4.78 is 0. The van der Waals surface area contributed by atoms with Gasteiger partial charge in [-0.2, -0.15) is 0 Å². The molecule has 70 valence electrons. The number of allylic oxidation sites excluding steroid dienone is 2. The zero-order chi connectivity index (χ0) is 9.52. The Morgan fingerprint density at radius 3 is 2.15 bits per heavy atom. The Morgan fingerprint density at radius 1 is 1.15 bits per heavy atom. The topological polar surface area (TPSA) is 6.48 Å². The van der Waals surface area contributed by atoms with E-state index in [0.717, 1.165) is 19.5 Å². The van der Waals surface area contributed by atoms with Crippen molar-refractivity contribution >= 4 is 0 Å². The highest BCUT2D eigenvalue weighted by Gasteiger charge is 2.06. The van der Waals surface area contributed by atoms with Crippen molar-refractivity contribution in [1.29, 1.82) is 0 Å². The van der Waals surface area contributed by atoms with E-state index in [0.29, 0.717) is 0 Å². The van der Waals surface area contributed by atoms with Crippen molar-refractivity contribution in [2.24, 2.45) is 0 Å². The van der Waals surface area contributed by atoms with Crippen LogP contribution in [0.5, 0.6) is 0 Å². The third-order valence-electron chi connectivity index (χ3n) is 1.79. The molecule has 0 saturated carbocycles. The Morgan fingerprint density at radius 2 is 1.69 bits per heavy atom. The molecule has 0 saturated heterocycles. The smallest absolute Gasteiger partial charge is 0.0366 e. The number of hydrazine groups is 1. The van der Waals surface area contributed by atoms with E-state index in [1.165, 1.54) is 0 Å². The van der Waals surface area contributed by atoms with Gasteiger partial charge in [-0.1, -0.05) is 24.3 Å². The maximum absolute atomic E-state index is 3.73. The third-order valence-corrected chi connectivity index (χ3v) is 1.79. The maximum atomic E-state index is 3.73. The van der Waals surface area contributed by atoms with Crippen molar-refractivity contribution in [3.05, 3.63) is 49.9 Å². The van der Waals surface area contributed by atoms with E-state index >= 15 is 0 Å². The Balaban J connectivity index is 2.56. The van der Waals surface area contributed by atoms with E-state index in [4.69, 9.17) is 0 Å². The minimum Gasteiger partial charge on any atom is -0.289 e. The molecule has 13 heavy (non-hydrogen) atoms. The predicted octanol–water partition coefficient (Wildman–Crippen LogP) is 2.31. The van der Waals surface area contributed by atoms with Crippen molar-refractivity contribution < 1.29 is 0 Å². The second-order valence-electron chi connectivity index (χ2n) is 2.83. The number of nitrogens with zero attached hydrogens (tertiary/aromatic N) is 2. The molecule has 1 heterocycles. The van der Waals surface area contributed by atoms with Gasteiger partial charge >= 0.3 is 0 Å². The van der Waals surface area contributed by atoms with E-state index in [9.17, 15) is 0 Å². The van der Waals surface area contributed by atoms with Gasteiger partial charge in [-0.3, -0.25) is 5.01 Å². The number of hydrogen-bond donors (Lipinski definition) is 0. The SMILES string of the molecule is C=CCN(CC=C)N1C=CCC=C1. The van der Waals surface area contributed by atoms with Gasteiger partial charge in [0.15, 0.2) is 0 Å². The van der Waals surface area contributed by atoms with Crippen LogP contribution in [0.4, 0.5) is 0 Å². The van der Waals surface area contributed by atoms with Crippen LogP contribution in [-0.2, 0) is 0 Å². The van der Waals surface area contributed by atoms with Crippen LogP contribution in [0, 0.1) is 0 Å². The second-order valence-corrected chi connectivity index (χ2v) is 2.83. The normalized spacial score (nSPS) is 15.0. The summed E-state index contributed by atoms with van der Waals surface area (Å²) in [5.74, 6) is 0. The molecule has 0 spiro atoms.